The topological polar surface area (TPSA) is 55.1 Å². The van der Waals surface area contributed by atoms with E-state index in [4.69, 9.17) is 17.3 Å². The second-order valence-corrected chi connectivity index (χ2v) is 5.42. The zero-order chi connectivity index (χ0) is 13.8. The highest BCUT2D eigenvalue weighted by Gasteiger charge is 2.07. The van der Waals surface area contributed by atoms with Crippen molar-refractivity contribution >= 4 is 44.8 Å². The number of halogens is 2. The summed E-state index contributed by atoms with van der Waals surface area (Å²) < 4.78 is 0.858. The maximum absolute atomic E-state index is 11.9. The first-order valence-electron chi connectivity index (χ1n) is 5.64. The lowest BCUT2D eigenvalue weighted by Gasteiger charge is -2.08. The molecule has 0 aliphatic rings. The molecule has 0 aromatic heterocycles. The molecule has 0 fully saturated rings. The van der Waals surface area contributed by atoms with Gasteiger partial charge in [-0.15, -0.1) is 0 Å². The van der Waals surface area contributed by atoms with Crippen molar-refractivity contribution in [1.29, 1.82) is 0 Å². The van der Waals surface area contributed by atoms with E-state index < -0.39 is 0 Å². The van der Waals surface area contributed by atoms with E-state index in [9.17, 15) is 4.79 Å². The molecule has 0 heterocycles. The number of rotatable bonds is 3. The average molecular weight is 340 g/mol. The van der Waals surface area contributed by atoms with Gasteiger partial charge in [0.2, 0.25) is 5.91 Å². The minimum atomic E-state index is -0.134. The molecule has 3 N–H and O–H groups in total. The summed E-state index contributed by atoms with van der Waals surface area (Å²) >= 11 is 9.35. The largest absolute Gasteiger partial charge is 0.399 e. The van der Waals surface area contributed by atoms with E-state index in [1.54, 1.807) is 24.3 Å². The van der Waals surface area contributed by atoms with Crippen molar-refractivity contribution in [3.05, 3.63) is 57.5 Å². The first-order valence-corrected chi connectivity index (χ1v) is 6.81. The number of hydrogen-bond acceptors (Lipinski definition) is 2. The number of amides is 1. The first-order chi connectivity index (χ1) is 9.04. The smallest absolute Gasteiger partial charge is 0.228 e. The van der Waals surface area contributed by atoms with E-state index >= 15 is 0 Å². The molecule has 0 saturated heterocycles. The van der Waals surface area contributed by atoms with E-state index in [-0.39, 0.29) is 12.3 Å². The van der Waals surface area contributed by atoms with Crippen LogP contribution in [0.2, 0.25) is 5.02 Å². The standard InChI is InChI=1S/C14H12BrClN2O/c15-10-4-5-12(16)13(8-10)18-14(19)7-9-2-1-3-11(17)6-9/h1-6,8H,7,17H2,(H,18,19). The minimum Gasteiger partial charge on any atom is -0.399 e. The number of nitrogens with two attached hydrogens (primary N) is 1. The number of nitrogen functional groups attached to an aromatic ring is 1. The molecule has 5 heteroatoms. The molecule has 0 bridgehead atoms. The molecule has 0 unspecified atom stereocenters. The van der Waals surface area contributed by atoms with Crippen LogP contribution in [0.4, 0.5) is 11.4 Å². The summed E-state index contributed by atoms with van der Waals surface area (Å²) in [5.41, 5.74) is 7.77. The van der Waals surface area contributed by atoms with Gasteiger partial charge in [-0.25, -0.2) is 0 Å². The van der Waals surface area contributed by atoms with Crippen molar-refractivity contribution in [2.75, 3.05) is 11.1 Å². The quantitative estimate of drug-likeness (QED) is 0.834. The van der Waals surface area contributed by atoms with Gasteiger partial charge in [0, 0.05) is 10.2 Å². The van der Waals surface area contributed by atoms with Crippen molar-refractivity contribution in [3.8, 4) is 0 Å². The van der Waals surface area contributed by atoms with Crippen LogP contribution in [0, 0.1) is 0 Å². The van der Waals surface area contributed by atoms with Gasteiger partial charge in [0.15, 0.2) is 0 Å². The molecule has 2 aromatic carbocycles. The monoisotopic (exact) mass is 338 g/mol. The van der Waals surface area contributed by atoms with Crippen LogP contribution in [0.3, 0.4) is 0 Å². The first kappa shape index (κ1) is 13.9. The molecular weight excluding hydrogens is 328 g/mol. The number of carbonyl (C=O) groups excluding carboxylic acids is 1. The lowest BCUT2D eigenvalue weighted by atomic mass is 10.1. The number of carbonyl (C=O) groups is 1. The molecule has 2 aromatic rings. The van der Waals surface area contributed by atoms with Crippen molar-refractivity contribution < 1.29 is 4.79 Å². The van der Waals surface area contributed by atoms with E-state index in [1.165, 1.54) is 0 Å². The molecule has 0 spiro atoms. The van der Waals surface area contributed by atoms with E-state index in [1.807, 2.05) is 18.2 Å². The van der Waals surface area contributed by atoms with Crippen LogP contribution in [0.1, 0.15) is 5.56 Å². The molecule has 0 saturated carbocycles. The van der Waals surface area contributed by atoms with Crippen molar-refractivity contribution in [3.63, 3.8) is 0 Å². The highest BCUT2D eigenvalue weighted by atomic mass is 79.9. The van der Waals surface area contributed by atoms with Gasteiger partial charge in [0.05, 0.1) is 17.1 Å². The fourth-order valence-electron chi connectivity index (χ4n) is 1.68. The van der Waals surface area contributed by atoms with E-state index in [0.29, 0.717) is 16.4 Å². The number of nitrogens with one attached hydrogen (secondary N) is 1. The third-order valence-electron chi connectivity index (χ3n) is 2.52. The van der Waals surface area contributed by atoms with Crippen molar-refractivity contribution in [1.82, 2.24) is 0 Å². The van der Waals surface area contributed by atoms with Crippen LogP contribution >= 0.6 is 27.5 Å². The van der Waals surface area contributed by atoms with Crippen LogP contribution in [-0.4, -0.2) is 5.91 Å². The number of benzene rings is 2. The third kappa shape index (κ3) is 3.98. The van der Waals surface area contributed by atoms with Gasteiger partial charge in [-0.2, -0.15) is 0 Å². The molecule has 1 amide bonds. The van der Waals surface area contributed by atoms with Crippen molar-refractivity contribution in [2.45, 2.75) is 6.42 Å². The summed E-state index contributed by atoms with van der Waals surface area (Å²) in [6.07, 6.45) is 0.258. The normalized spacial score (nSPS) is 10.2. The van der Waals surface area contributed by atoms with Gasteiger partial charge in [-0.05, 0) is 35.9 Å². The molecule has 0 atom stereocenters. The SMILES string of the molecule is Nc1cccc(CC(=O)Nc2cc(Br)ccc2Cl)c1. The van der Waals surface area contributed by atoms with Gasteiger partial charge in [-0.1, -0.05) is 39.7 Å². The molecule has 3 nitrogen and oxygen atoms in total. The van der Waals surface area contributed by atoms with Crippen LogP contribution in [0.5, 0.6) is 0 Å². The maximum Gasteiger partial charge on any atom is 0.228 e. The molecule has 19 heavy (non-hydrogen) atoms. The van der Waals surface area contributed by atoms with Crippen LogP contribution in [-0.2, 0) is 11.2 Å². The van der Waals surface area contributed by atoms with Crippen LogP contribution < -0.4 is 11.1 Å². The second-order valence-electron chi connectivity index (χ2n) is 4.09. The van der Waals surface area contributed by atoms with E-state index in [2.05, 4.69) is 21.2 Å². The lowest BCUT2D eigenvalue weighted by Crippen LogP contribution is -2.14. The molecule has 98 valence electrons. The van der Waals surface area contributed by atoms with Crippen molar-refractivity contribution in [2.24, 2.45) is 0 Å². The van der Waals surface area contributed by atoms with Gasteiger partial charge in [-0.3, -0.25) is 4.79 Å². The predicted molar refractivity (Wildman–Crippen MR) is 82.3 cm³/mol. The summed E-state index contributed by atoms with van der Waals surface area (Å²) in [4.78, 5) is 11.9. The zero-order valence-corrected chi connectivity index (χ0v) is 12.3. The van der Waals surface area contributed by atoms with Crippen LogP contribution in [0.15, 0.2) is 46.9 Å². The summed E-state index contributed by atoms with van der Waals surface area (Å²) in [5, 5.41) is 3.28. The Hall–Kier alpha value is -1.52. The molecule has 0 aliphatic carbocycles. The Bertz CT molecular complexity index is 616. The second kappa shape index (κ2) is 6.08. The summed E-state index contributed by atoms with van der Waals surface area (Å²) in [5.74, 6) is -0.134. The number of anilines is 2. The fourth-order valence-corrected chi connectivity index (χ4v) is 2.20. The van der Waals surface area contributed by atoms with Crippen LogP contribution in [0.25, 0.3) is 0 Å². The summed E-state index contributed by atoms with van der Waals surface area (Å²) in [6, 6.07) is 12.5. The molecular formula is C14H12BrClN2O. The Balaban J connectivity index is 2.07. The maximum atomic E-state index is 11.9. The zero-order valence-electron chi connectivity index (χ0n) is 9.99. The highest BCUT2D eigenvalue weighted by molar-refractivity contribution is 9.10. The van der Waals surface area contributed by atoms with E-state index in [0.717, 1.165) is 10.0 Å². The Morgan fingerprint density at radius 2 is 2.05 bits per heavy atom. The molecule has 0 aliphatic heterocycles. The lowest BCUT2D eigenvalue weighted by molar-refractivity contribution is -0.115. The Kier molecular flexibility index (Phi) is 4.45. The van der Waals surface area contributed by atoms with Gasteiger partial charge in [0.1, 0.15) is 0 Å². The average Bonchev–Trinajstić information content (AvgIpc) is 2.34. The predicted octanol–water partition coefficient (Wildman–Crippen LogP) is 3.87. The molecule has 0 radical (unpaired) electrons. The summed E-state index contributed by atoms with van der Waals surface area (Å²) in [7, 11) is 0. The summed E-state index contributed by atoms with van der Waals surface area (Å²) in [6.45, 7) is 0. The Labute approximate surface area is 124 Å². The third-order valence-corrected chi connectivity index (χ3v) is 3.34. The highest BCUT2D eigenvalue weighted by Crippen LogP contribution is 2.25. The fraction of sp³-hybridized carbons (Fsp3) is 0.0714. The van der Waals surface area contributed by atoms with Gasteiger partial charge >= 0.3 is 0 Å². The number of hydrogen-bond donors (Lipinski definition) is 2. The minimum absolute atomic E-state index is 0.134. The molecule has 2 rings (SSSR count). The Morgan fingerprint density at radius 3 is 2.79 bits per heavy atom. The van der Waals surface area contributed by atoms with Gasteiger partial charge < -0.3 is 11.1 Å². The van der Waals surface area contributed by atoms with Gasteiger partial charge in [0.25, 0.3) is 0 Å². The Morgan fingerprint density at radius 1 is 1.26 bits per heavy atom.